The maximum Gasteiger partial charge on any atom is 0.278 e. The molecular formula is C15H9NOS. The van der Waals surface area contributed by atoms with Gasteiger partial charge >= 0.3 is 0 Å². The average molecular weight is 251 g/mol. The molecule has 0 saturated carbocycles. The van der Waals surface area contributed by atoms with E-state index >= 15 is 0 Å². The van der Waals surface area contributed by atoms with Crippen LogP contribution in [0.25, 0.3) is 6.08 Å². The van der Waals surface area contributed by atoms with Crippen molar-refractivity contribution in [3.05, 3.63) is 63.0 Å². The van der Waals surface area contributed by atoms with Crippen molar-refractivity contribution in [1.29, 1.82) is 0 Å². The summed E-state index contributed by atoms with van der Waals surface area (Å²) >= 11 is 1.82. The molecule has 86 valence electrons. The topological polar surface area (TPSA) is 29.4 Å². The molecule has 3 heteroatoms. The molecule has 2 aliphatic rings. The SMILES string of the molecule is O=C1N=c2ccccc2=c2c1ccc1c2=CCS1. The summed E-state index contributed by atoms with van der Waals surface area (Å²) < 4.78 is 0. The molecule has 0 bridgehead atoms. The number of fused-ring (bicyclic) bond motifs is 4. The molecule has 1 amide bonds. The zero-order chi connectivity index (χ0) is 12.1. The zero-order valence-electron chi connectivity index (χ0n) is 9.51. The average Bonchev–Trinajstić information content (AvgIpc) is 2.86. The lowest BCUT2D eigenvalue weighted by Crippen LogP contribution is -2.20. The molecule has 0 aromatic heterocycles. The van der Waals surface area contributed by atoms with Crippen LogP contribution in [0.3, 0.4) is 0 Å². The first-order chi connectivity index (χ1) is 8.84. The minimum atomic E-state index is -0.128. The number of carbonyl (C=O) groups is 1. The van der Waals surface area contributed by atoms with Crippen molar-refractivity contribution in [2.45, 2.75) is 4.90 Å². The molecule has 0 saturated heterocycles. The van der Waals surface area contributed by atoms with Gasteiger partial charge in [-0.2, -0.15) is 0 Å². The van der Waals surface area contributed by atoms with Crippen molar-refractivity contribution in [3.8, 4) is 0 Å². The van der Waals surface area contributed by atoms with E-state index in [-0.39, 0.29) is 5.91 Å². The van der Waals surface area contributed by atoms with Crippen LogP contribution in [0.4, 0.5) is 0 Å². The number of hydrogen-bond acceptors (Lipinski definition) is 2. The maximum atomic E-state index is 12.1. The van der Waals surface area contributed by atoms with Gasteiger partial charge in [-0.25, -0.2) is 4.99 Å². The number of para-hydroxylation sites is 1. The van der Waals surface area contributed by atoms with Crippen LogP contribution in [0.2, 0.25) is 0 Å². The second-order valence-electron chi connectivity index (χ2n) is 4.35. The number of rotatable bonds is 0. The number of thioether (sulfide) groups is 1. The van der Waals surface area contributed by atoms with E-state index < -0.39 is 0 Å². The predicted molar refractivity (Wildman–Crippen MR) is 70.9 cm³/mol. The lowest BCUT2D eigenvalue weighted by Gasteiger charge is -2.05. The van der Waals surface area contributed by atoms with Gasteiger partial charge < -0.3 is 0 Å². The first kappa shape index (κ1) is 10.1. The Balaban J connectivity index is 2.45. The lowest BCUT2D eigenvalue weighted by atomic mass is 10.0. The third-order valence-corrected chi connectivity index (χ3v) is 4.36. The van der Waals surface area contributed by atoms with Gasteiger partial charge in [0.25, 0.3) is 5.91 Å². The van der Waals surface area contributed by atoms with E-state index in [0.29, 0.717) is 0 Å². The van der Waals surface area contributed by atoms with Gasteiger partial charge in [-0.15, -0.1) is 11.8 Å². The van der Waals surface area contributed by atoms with Crippen LogP contribution in [0.1, 0.15) is 10.4 Å². The van der Waals surface area contributed by atoms with Gasteiger partial charge in [-0.05, 0) is 23.4 Å². The van der Waals surface area contributed by atoms with E-state index in [4.69, 9.17) is 0 Å². The van der Waals surface area contributed by atoms with Crippen molar-refractivity contribution in [1.82, 2.24) is 0 Å². The molecule has 2 aromatic carbocycles. The van der Waals surface area contributed by atoms with Gasteiger partial charge in [0, 0.05) is 21.1 Å². The molecule has 0 aliphatic carbocycles. The van der Waals surface area contributed by atoms with Crippen LogP contribution >= 0.6 is 11.8 Å². The highest BCUT2D eigenvalue weighted by atomic mass is 32.2. The van der Waals surface area contributed by atoms with E-state index in [1.54, 1.807) is 0 Å². The summed E-state index contributed by atoms with van der Waals surface area (Å²) in [6, 6.07) is 11.8. The van der Waals surface area contributed by atoms with E-state index in [1.165, 1.54) is 10.1 Å². The van der Waals surface area contributed by atoms with Crippen LogP contribution in [0, 0.1) is 10.4 Å². The third kappa shape index (κ3) is 1.25. The fourth-order valence-corrected chi connectivity index (χ4v) is 3.50. The van der Waals surface area contributed by atoms with Gasteiger partial charge in [0.15, 0.2) is 0 Å². The molecule has 2 aliphatic heterocycles. The summed E-state index contributed by atoms with van der Waals surface area (Å²) in [6.45, 7) is 0. The Morgan fingerprint density at radius 2 is 2.00 bits per heavy atom. The highest BCUT2D eigenvalue weighted by Crippen LogP contribution is 2.21. The molecule has 2 heterocycles. The first-order valence-electron chi connectivity index (χ1n) is 5.83. The molecule has 2 nitrogen and oxygen atoms in total. The van der Waals surface area contributed by atoms with Crippen LogP contribution in [0.15, 0.2) is 46.3 Å². The fraction of sp³-hybridized carbons (Fsp3) is 0.0667. The number of carbonyl (C=O) groups excluding carboxylic acids is 1. The number of benzene rings is 2. The standard InChI is InChI=1S/C15H9NOS/c17-15-11-5-6-13-10(7-8-18-13)14(11)9-3-1-2-4-12(9)16-15/h1-7H,8H2. The smallest absolute Gasteiger partial charge is 0.267 e. The molecule has 0 N–H and O–H groups in total. The van der Waals surface area contributed by atoms with Crippen molar-refractivity contribution >= 4 is 23.7 Å². The molecule has 0 unspecified atom stereocenters. The summed E-state index contributed by atoms with van der Waals surface area (Å²) in [5.41, 5.74) is 0.728. The summed E-state index contributed by atoms with van der Waals surface area (Å²) in [5, 5.41) is 4.12. The van der Waals surface area contributed by atoms with Gasteiger partial charge in [-0.3, -0.25) is 4.79 Å². The van der Waals surface area contributed by atoms with E-state index in [9.17, 15) is 4.79 Å². The molecule has 0 radical (unpaired) electrons. The lowest BCUT2D eigenvalue weighted by molar-refractivity contribution is 0.0996. The van der Waals surface area contributed by atoms with Gasteiger partial charge in [0.1, 0.15) is 0 Å². The third-order valence-electron chi connectivity index (χ3n) is 3.36. The van der Waals surface area contributed by atoms with Crippen LogP contribution < -0.4 is 10.6 Å². The molecule has 4 rings (SSSR count). The number of hydrogen-bond donors (Lipinski definition) is 0. The summed E-state index contributed by atoms with van der Waals surface area (Å²) in [4.78, 5) is 17.5. The van der Waals surface area contributed by atoms with Crippen LogP contribution in [-0.4, -0.2) is 11.7 Å². The second kappa shape index (κ2) is 3.56. The van der Waals surface area contributed by atoms with Crippen molar-refractivity contribution in [3.63, 3.8) is 0 Å². The van der Waals surface area contributed by atoms with Gasteiger partial charge in [-0.1, -0.05) is 24.3 Å². The first-order valence-corrected chi connectivity index (χ1v) is 6.81. The Labute approximate surface area is 107 Å². The monoisotopic (exact) mass is 251 g/mol. The highest BCUT2D eigenvalue weighted by Gasteiger charge is 2.15. The normalized spacial score (nSPS) is 15.2. The van der Waals surface area contributed by atoms with E-state index in [2.05, 4.69) is 11.1 Å². The van der Waals surface area contributed by atoms with Crippen molar-refractivity contribution in [2.24, 2.45) is 4.99 Å². The molecular weight excluding hydrogens is 242 g/mol. The van der Waals surface area contributed by atoms with Crippen molar-refractivity contribution < 1.29 is 4.79 Å². The Morgan fingerprint density at radius 3 is 2.94 bits per heavy atom. The molecule has 18 heavy (non-hydrogen) atoms. The van der Waals surface area contributed by atoms with E-state index in [0.717, 1.165) is 27.1 Å². The second-order valence-corrected chi connectivity index (χ2v) is 5.41. The predicted octanol–water partition coefficient (Wildman–Crippen LogP) is 1.63. The van der Waals surface area contributed by atoms with E-state index in [1.807, 2.05) is 48.2 Å². The number of nitrogens with zero attached hydrogens (tertiary/aromatic N) is 1. The molecule has 0 fully saturated rings. The fourth-order valence-electron chi connectivity index (χ4n) is 2.56. The Morgan fingerprint density at radius 1 is 1.11 bits per heavy atom. The Kier molecular flexibility index (Phi) is 2.00. The molecule has 0 spiro atoms. The Hall–Kier alpha value is -1.87. The minimum absolute atomic E-state index is 0.128. The van der Waals surface area contributed by atoms with Gasteiger partial charge in [0.2, 0.25) is 0 Å². The van der Waals surface area contributed by atoms with Crippen molar-refractivity contribution in [2.75, 3.05) is 5.75 Å². The van der Waals surface area contributed by atoms with Crippen LogP contribution in [0.5, 0.6) is 0 Å². The summed E-state index contributed by atoms with van der Waals surface area (Å²) in [6.07, 6.45) is 2.20. The van der Waals surface area contributed by atoms with Crippen LogP contribution in [-0.2, 0) is 0 Å². The highest BCUT2D eigenvalue weighted by molar-refractivity contribution is 7.99. The van der Waals surface area contributed by atoms with Gasteiger partial charge in [0.05, 0.1) is 10.9 Å². The minimum Gasteiger partial charge on any atom is -0.267 e. The molecule has 2 aromatic rings. The summed E-state index contributed by atoms with van der Waals surface area (Å²) in [7, 11) is 0. The molecule has 0 atom stereocenters. The quantitative estimate of drug-likeness (QED) is 0.712. The number of amides is 1. The summed E-state index contributed by atoms with van der Waals surface area (Å²) in [5.74, 6) is 0.857. The maximum absolute atomic E-state index is 12.1. The largest absolute Gasteiger partial charge is 0.278 e. The zero-order valence-corrected chi connectivity index (χ0v) is 10.3. The Bertz CT molecular complexity index is 899.